The Kier molecular flexibility index (Phi) is 9.75. The minimum Gasteiger partial charge on any atom is -0.461 e. The summed E-state index contributed by atoms with van der Waals surface area (Å²) in [4.78, 5) is 31.1. The number of carbonyl (C=O) groups is 2. The molecule has 186 valence electrons. The number of aryl methyl sites for hydroxylation is 1. The fourth-order valence-corrected chi connectivity index (χ4v) is 3.69. The number of anilines is 1. The first-order chi connectivity index (χ1) is 16.5. The van der Waals surface area contributed by atoms with Gasteiger partial charge in [0.15, 0.2) is 5.69 Å². The summed E-state index contributed by atoms with van der Waals surface area (Å²) in [5.74, 6) is -0.0512. The van der Waals surface area contributed by atoms with Crippen LogP contribution in [0.25, 0.3) is 0 Å². The molecule has 1 N–H and O–H groups in total. The van der Waals surface area contributed by atoms with Gasteiger partial charge in [-0.25, -0.2) is 9.59 Å². The molecular formula is C25H35N3O6. The SMILES string of the molecule is CCCCOC(=O)c1nc(N2CC[C@H](NC(=O)OCc3ccccc3)[C@H](OCCC)C2)oc1C. The number of nitrogens with one attached hydrogen (secondary N) is 1. The molecule has 0 saturated carbocycles. The highest BCUT2D eigenvalue weighted by Crippen LogP contribution is 2.24. The molecule has 9 heteroatoms. The Balaban J connectivity index is 1.59. The average Bonchev–Trinajstić information content (AvgIpc) is 3.24. The van der Waals surface area contributed by atoms with Crippen LogP contribution in [0.4, 0.5) is 10.8 Å². The minimum absolute atomic E-state index is 0.196. The number of nitrogens with zero attached hydrogens (tertiary/aromatic N) is 2. The second-order valence-electron chi connectivity index (χ2n) is 8.35. The van der Waals surface area contributed by atoms with Crippen LogP contribution in [-0.4, -0.2) is 55.5 Å². The van der Waals surface area contributed by atoms with E-state index < -0.39 is 12.1 Å². The van der Waals surface area contributed by atoms with Crippen molar-refractivity contribution in [3.8, 4) is 0 Å². The van der Waals surface area contributed by atoms with E-state index in [0.29, 0.717) is 44.5 Å². The molecule has 1 aromatic carbocycles. The molecule has 34 heavy (non-hydrogen) atoms. The molecule has 0 radical (unpaired) electrons. The predicted octanol–water partition coefficient (Wildman–Crippen LogP) is 4.24. The van der Waals surface area contributed by atoms with Crippen LogP contribution in [0, 0.1) is 6.92 Å². The van der Waals surface area contributed by atoms with E-state index in [1.54, 1.807) is 6.92 Å². The second-order valence-corrected chi connectivity index (χ2v) is 8.35. The number of piperidine rings is 1. The van der Waals surface area contributed by atoms with Gasteiger partial charge in [-0.15, -0.1) is 0 Å². The van der Waals surface area contributed by atoms with E-state index >= 15 is 0 Å². The third kappa shape index (κ3) is 7.21. The summed E-state index contributed by atoms with van der Waals surface area (Å²) in [5, 5.41) is 2.95. The van der Waals surface area contributed by atoms with E-state index in [2.05, 4.69) is 10.3 Å². The van der Waals surface area contributed by atoms with Crippen LogP contribution in [0.1, 0.15) is 61.3 Å². The van der Waals surface area contributed by atoms with Crippen molar-refractivity contribution in [2.75, 3.05) is 31.2 Å². The van der Waals surface area contributed by atoms with E-state index in [9.17, 15) is 9.59 Å². The zero-order chi connectivity index (χ0) is 24.3. The maximum Gasteiger partial charge on any atom is 0.407 e. The number of oxazole rings is 1. The number of rotatable bonds is 11. The highest BCUT2D eigenvalue weighted by atomic mass is 16.6. The van der Waals surface area contributed by atoms with Crippen molar-refractivity contribution in [2.45, 2.75) is 65.2 Å². The molecule has 0 aliphatic carbocycles. The van der Waals surface area contributed by atoms with Gasteiger partial charge in [-0.1, -0.05) is 50.6 Å². The Bertz CT molecular complexity index is 917. The summed E-state index contributed by atoms with van der Waals surface area (Å²) in [6.45, 7) is 7.95. The van der Waals surface area contributed by atoms with Crippen molar-refractivity contribution in [1.29, 1.82) is 0 Å². The van der Waals surface area contributed by atoms with Crippen molar-refractivity contribution in [3.05, 3.63) is 47.3 Å². The van der Waals surface area contributed by atoms with Gasteiger partial charge in [0.2, 0.25) is 0 Å². The number of carbonyl (C=O) groups excluding carboxylic acids is 2. The third-order valence-electron chi connectivity index (χ3n) is 5.59. The van der Waals surface area contributed by atoms with Gasteiger partial charge in [0.25, 0.3) is 6.01 Å². The standard InChI is InChI=1S/C25H35N3O6/c1-4-6-15-32-23(29)22-18(3)34-24(27-22)28-13-12-20(21(16-28)31-14-5-2)26-25(30)33-17-19-10-8-7-9-11-19/h7-11,20-21H,4-6,12-17H2,1-3H3,(H,26,30)/t20-,21+/m0/s1. The Hall–Kier alpha value is -3.07. The van der Waals surface area contributed by atoms with Gasteiger partial charge in [0.1, 0.15) is 12.4 Å². The van der Waals surface area contributed by atoms with E-state index in [1.807, 2.05) is 49.1 Å². The van der Waals surface area contributed by atoms with Crippen molar-refractivity contribution in [1.82, 2.24) is 10.3 Å². The topological polar surface area (TPSA) is 103 Å². The third-order valence-corrected chi connectivity index (χ3v) is 5.59. The van der Waals surface area contributed by atoms with Crippen LogP contribution in [0.2, 0.25) is 0 Å². The Morgan fingerprint density at radius 3 is 2.68 bits per heavy atom. The molecule has 1 saturated heterocycles. The van der Waals surface area contributed by atoms with Gasteiger partial charge in [0.05, 0.1) is 25.3 Å². The minimum atomic E-state index is -0.475. The Morgan fingerprint density at radius 2 is 1.94 bits per heavy atom. The van der Waals surface area contributed by atoms with Crippen LogP contribution in [0.5, 0.6) is 0 Å². The van der Waals surface area contributed by atoms with Gasteiger partial charge in [-0.3, -0.25) is 0 Å². The van der Waals surface area contributed by atoms with Crippen LogP contribution in [0.3, 0.4) is 0 Å². The molecule has 0 spiro atoms. The van der Waals surface area contributed by atoms with Crippen molar-refractivity contribution in [3.63, 3.8) is 0 Å². The summed E-state index contributed by atoms with van der Waals surface area (Å²) < 4.78 is 22.5. The largest absolute Gasteiger partial charge is 0.461 e. The van der Waals surface area contributed by atoms with E-state index in [-0.39, 0.29) is 24.4 Å². The quantitative estimate of drug-likeness (QED) is 0.382. The number of alkyl carbamates (subject to hydrolysis) is 1. The van der Waals surface area contributed by atoms with Crippen molar-refractivity contribution in [2.24, 2.45) is 0 Å². The zero-order valence-corrected chi connectivity index (χ0v) is 20.2. The lowest BCUT2D eigenvalue weighted by molar-refractivity contribution is 0.0184. The van der Waals surface area contributed by atoms with E-state index in [4.69, 9.17) is 18.6 Å². The maximum absolute atomic E-state index is 12.4. The fourth-order valence-electron chi connectivity index (χ4n) is 3.69. The maximum atomic E-state index is 12.4. The molecule has 1 fully saturated rings. The molecule has 1 aromatic heterocycles. The summed E-state index contributed by atoms with van der Waals surface area (Å²) in [7, 11) is 0. The summed E-state index contributed by atoms with van der Waals surface area (Å²) in [6, 6.07) is 9.69. The van der Waals surface area contributed by atoms with Gasteiger partial charge >= 0.3 is 12.1 Å². The molecule has 9 nitrogen and oxygen atoms in total. The molecule has 1 amide bonds. The predicted molar refractivity (Wildman–Crippen MR) is 127 cm³/mol. The number of benzene rings is 1. The number of unbranched alkanes of at least 4 members (excludes halogenated alkanes) is 1. The number of esters is 1. The normalized spacial score (nSPS) is 17.9. The molecular weight excluding hydrogens is 438 g/mol. The van der Waals surface area contributed by atoms with Crippen LogP contribution in [0.15, 0.2) is 34.7 Å². The Labute approximate surface area is 200 Å². The molecule has 1 aliphatic heterocycles. The lowest BCUT2D eigenvalue weighted by atomic mass is 10.0. The van der Waals surface area contributed by atoms with Gasteiger partial charge < -0.3 is 28.8 Å². The molecule has 0 bridgehead atoms. The monoisotopic (exact) mass is 473 g/mol. The second kappa shape index (κ2) is 13.0. The number of hydrogen-bond donors (Lipinski definition) is 1. The van der Waals surface area contributed by atoms with Gasteiger partial charge in [-0.2, -0.15) is 4.98 Å². The lowest BCUT2D eigenvalue weighted by Gasteiger charge is -2.37. The first-order valence-corrected chi connectivity index (χ1v) is 12.0. The van der Waals surface area contributed by atoms with Crippen LogP contribution >= 0.6 is 0 Å². The van der Waals surface area contributed by atoms with Crippen molar-refractivity contribution < 1.29 is 28.2 Å². The fraction of sp³-hybridized carbons (Fsp3) is 0.560. The van der Waals surface area contributed by atoms with Crippen LogP contribution in [-0.2, 0) is 20.8 Å². The zero-order valence-electron chi connectivity index (χ0n) is 20.2. The van der Waals surface area contributed by atoms with Gasteiger partial charge in [-0.05, 0) is 31.7 Å². The molecule has 3 rings (SSSR count). The highest BCUT2D eigenvalue weighted by Gasteiger charge is 2.34. The first kappa shape index (κ1) is 25.6. The van der Waals surface area contributed by atoms with E-state index in [0.717, 1.165) is 24.8 Å². The number of aromatic nitrogens is 1. The average molecular weight is 474 g/mol. The molecule has 2 atom stereocenters. The summed E-state index contributed by atoms with van der Waals surface area (Å²) >= 11 is 0. The number of hydrogen-bond acceptors (Lipinski definition) is 8. The smallest absolute Gasteiger partial charge is 0.407 e. The molecule has 0 unspecified atom stereocenters. The summed E-state index contributed by atoms with van der Waals surface area (Å²) in [5.41, 5.74) is 1.12. The lowest BCUT2D eigenvalue weighted by Crippen LogP contribution is -2.55. The van der Waals surface area contributed by atoms with Gasteiger partial charge in [0, 0.05) is 13.2 Å². The number of amides is 1. The van der Waals surface area contributed by atoms with Crippen LogP contribution < -0.4 is 10.2 Å². The van der Waals surface area contributed by atoms with E-state index in [1.165, 1.54) is 0 Å². The summed E-state index contributed by atoms with van der Waals surface area (Å²) in [6.07, 6.45) is 2.47. The molecule has 1 aliphatic rings. The first-order valence-electron chi connectivity index (χ1n) is 12.0. The Morgan fingerprint density at radius 1 is 1.15 bits per heavy atom. The number of ether oxygens (including phenoxy) is 3. The molecule has 2 heterocycles. The van der Waals surface area contributed by atoms with Crippen molar-refractivity contribution >= 4 is 18.1 Å². The highest BCUT2D eigenvalue weighted by molar-refractivity contribution is 5.88. The molecule has 2 aromatic rings.